The van der Waals surface area contributed by atoms with E-state index in [9.17, 15) is 9.59 Å². The Morgan fingerprint density at radius 2 is 2.10 bits per heavy atom. The standard InChI is InChI=1S/C15H15N3O2S/c19-14(11-4-2-1-3-5-11)17-12-6-7-18(9-12)15(20)13-8-16-10-21-13/h1-5,8,10,12H,6-7,9H2,(H,17,19). The van der Waals surface area contributed by atoms with Crippen molar-refractivity contribution in [1.82, 2.24) is 15.2 Å². The van der Waals surface area contributed by atoms with E-state index in [1.54, 1.807) is 28.7 Å². The Bertz CT molecular complexity index is 628. The highest BCUT2D eigenvalue weighted by Gasteiger charge is 2.28. The molecule has 1 fully saturated rings. The highest BCUT2D eigenvalue weighted by molar-refractivity contribution is 7.11. The van der Waals surface area contributed by atoms with Crippen LogP contribution in [-0.2, 0) is 0 Å². The zero-order chi connectivity index (χ0) is 14.7. The molecule has 2 aromatic rings. The van der Waals surface area contributed by atoms with Gasteiger partial charge in [0.05, 0.1) is 11.7 Å². The monoisotopic (exact) mass is 301 g/mol. The second-order valence-electron chi connectivity index (χ2n) is 4.94. The van der Waals surface area contributed by atoms with E-state index in [0.717, 1.165) is 6.42 Å². The highest BCUT2D eigenvalue weighted by Crippen LogP contribution is 2.16. The lowest BCUT2D eigenvalue weighted by molar-refractivity contribution is 0.0787. The Hall–Kier alpha value is -2.21. The van der Waals surface area contributed by atoms with E-state index in [-0.39, 0.29) is 17.9 Å². The minimum Gasteiger partial charge on any atom is -0.347 e. The SMILES string of the molecule is O=C(NC1CCN(C(=O)c2cncs2)C1)c1ccccc1. The molecule has 2 amide bonds. The van der Waals surface area contributed by atoms with Crippen LogP contribution in [0.4, 0.5) is 0 Å². The average Bonchev–Trinajstić information content (AvgIpc) is 3.19. The van der Waals surface area contributed by atoms with Crippen molar-refractivity contribution in [2.24, 2.45) is 0 Å². The number of carbonyl (C=O) groups is 2. The topological polar surface area (TPSA) is 62.3 Å². The predicted molar refractivity (Wildman–Crippen MR) is 80.3 cm³/mol. The molecule has 1 aromatic carbocycles. The molecular formula is C15H15N3O2S. The molecule has 2 heterocycles. The Balaban J connectivity index is 1.58. The van der Waals surface area contributed by atoms with Crippen LogP contribution in [0.1, 0.15) is 26.5 Å². The van der Waals surface area contributed by atoms with Crippen LogP contribution in [-0.4, -0.2) is 40.8 Å². The van der Waals surface area contributed by atoms with E-state index < -0.39 is 0 Å². The summed E-state index contributed by atoms with van der Waals surface area (Å²) >= 11 is 1.34. The van der Waals surface area contributed by atoms with Crippen LogP contribution in [0.5, 0.6) is 0 Å². The summed E-state index contributed by atoms with van der Waals surface area (Å²) in [7, 11) is 0. The van der Waals surface area contributed by atoms with Gasteiger partial charge in [-0.15, -0.1) is 11.3 Å². The van der Waals surface area contributed by atoms with Crippen molar-refractivity contribution in [1.29, 1.82) is 0 Å². The summed E-state index contributed by atoms with van der Waals surface area (Å²) in [5.41, 5.74) is 2.29. The number of hydrogen-bond acceptors (Lipinski definition) is 4. The summed E-state index contributed by atoms with van der Waals surface area (Å²) in [6.07, 6.45) is 2.37. The predicted octanol–water partition coefficient (Wildman–Crippen LogP) is 1.79. The molecule has 0 spiro atoms. The fourth-order valence-corrected chi connectivity index (χ4v) is 2.98. The first-order chi connectivity index (χ1) is 10.2. The van der Waals surface area contributed by atoms with Crippen LogP contribution >= 0.6 is 11.3 Å². The lowest BCUT2D eigenvalue weighted by atomic mass is 10.2. The van der Waals surface area contributed by atoms with Crippen molar-refractivity contribution in [2.75, 3.05) is 13.1 Å². The molecule has 1 N–H and O–H groups in total. The number of thiazole rings is 1. The molecule has 0 aliphatic carbocycles. The van der Waals surface area contributed by atoms with Crippen molar-refractivity contribution >= 4 is 23.2 Å². The summed E-state index contributed by atoms with van der Waals surface area (Å²) < 4.78 is 0. The summed E-state index contributed by atoms with van der Waals surface area (Å²) in [5, 5.41) is 2.98. The van der Waals surface area contributed by atoms with Crippen molar-refractivity contribution in [3.63, 3.8) is 0 Å². The van der Waals surface area contributed by atoms with Gasteiger partial charge in [0, 0.05) is 24.7 Å². The summed E-state index contributed by atoms with van der Waals surface area (Å²) in [6.45, 7) is 1.21. The van der Waals surface area contributed by atoms with E-state index in [1.807, 2.05) is 18.2 Å². The number of likely N-dealkylation sites (tertiary alicyclic amines) is 1. The minimum atomic E-state index is -0.0901. The maximum absolute atomic E-state index is 12.2. The summed E-state index contributed by atoms with van der Waals surface area (Å²) in [4.78, 5) is 30.6. The molecule has 3 rings (SSSR count). The maximum atomic E-state index is 12.2. The van der Waals surface area contributed by atoms with Gasteiger partial charge in [0.1, 0.15) is 4.88 Å². The number of aromatic nitrogens is 1. The van der Waals surface area contributed by atoms with Gasteiger partial charge in [0.15, 0.2) is 0 Å². The van der Waals surface area contributed by atoms with Crippen LogP contribution < -0.4 is 5.32 Å². The number of hydrogen-bond donors (Lipinski definition) is 1. The van der Waals surface area contributed by atoms with Crippen LogP contribution in [0.3, 0.4) is 0 Å². The maximum Gasteiger partial charge on any atom is 0.265 e. The third-order valence-electron chi connectivity index (χ3n) is 3.49. The van der Waals surface area contributed by atoms with Gasteiger partial charge < -0.3 is 10.2 Å². The van der Waals surface area contributed by atoms with Crippen LogP contribution in [0.2, 0.25) is 0 Å². The summed E-state index contributed by atoms with van der Waals surface area (Å²) in [6, 6.07) is 9.12. The Morgan fingerprint density at radius 3 is 2.81 bits per heavy atom. The lowest BCUT2D eigenvalue weighted by Crippen LogP contribution is -2.38. The molecule has 108 valence electrons. The zero-order valence-corrected chi connectivity index (χ0v) is 12.2. The Kier molecular flexibility index (Phi) is 3.96. The van der Waals surface area contributed by atoms with Crippen molar-refractivity contribution in [2.45, 2.75) is 12.5 Å². The molecule has 5 nitrogen and oxygen atoms in total. The fraction of sp³-hybridized carbons (Fsp3) is 0.267. The molecule has 1 aromatic heterocycles. The first-order valence-corrected chi connectivity index (χ1v) is 7.65. The molecule has 1 atom stereocenters. The van der Waals surface area contributed by atoms with E-state index in [2.05, 4.69) is 10.3 Å². The van der Waals surface area contributed by atoms with Gasteiger partial charge in [-0.25, -0.2) is 0 Å². The fourth-order valence-electron chi connectivity index (χ4n) is 2.40. The van der Waals surface area contributed by atoms with Gasteiger partial charge in [-0.3, -0.25) is 14.6 Å². The lowest BCUT2D eigenvalue weighted by Gasteiger charge is -2.16. The molecule has 21 heavy (non-hydrogen) atoms. The number of rotatable bonds is 3. The minimum absolute atomic E-state index is 0.00559. The van der Waals surface area contributed by atoms with Gasteiger partial charge in [0.25, 0.3) is 11.8 Å². The van der Waals surface area contributed by atoms with Crippen molar-refractivity contribution in [3.05, 3.63) is 52.5 Å². The molecule has 1 unspecified atom stereocenters. The van der Waals surface area contributed by atoms with Gasteiger partial charge in [-0.1, -0.05) is 18.2 Å². The second kappa shape index (κ2) is 6.05. The molecule has 1 aliphatic heterocycles. The van der Waals surface area contributed by atoms with E-state index in [0.29, 0.717) is 23.5 Å². The van der Waals surface area contributed by atoms with Crippen molar-refractivity contribution < 1.29 is 9.59 Å². The molecule has 1 saturated heterocycles. The molecule has 1 aliphatic rings. The third kappa shape index (κ3) is 3.11. The molecular weight excluding hydrogens is 286 g/mol. The number of carbonyl (C=O) groups excluding carboxylic acids is 2. The van der Waals surface area contributed by atoms with Crippen LogP contribution in [0.15, 0.2) is 42.0 Å². The van der Waals surface area contributed by atoms with Gasteiger partial charge in [0.2, 0.25) is 0 Å². The van der Waals surface area contributed by atoms with Crippen LogP contribution in [0.25, 0.3) is 0 Å². The number of nitrogens with one attached hydrogen (secondary N) is 1. The van der Waals surface area contributed by atoms with E-state index >= 15 is 0 Å². The molecule has 0 saturated carbocycles. The second-order valence-corrected chi connectivity index (χ2v) is 5.83. The van der Waals surface area contributed by atoms with Crippen LogP contribution in [0, 0.1) is 0 Å². The molecule has 0 bridgehead atoms. The smallest absolute Gasteiger partial charge is 0.265 e. The number of benzene rings is 1. The van der Waals surface area contributed by atoms with Gasteiger partial charge >= 0.3 is 0 Å². The first-order valence-electron chi connectivity index (χ1n) is 6.78. The van der Waals surface area contributed by atoms with E-state index in [4.69, 9.17) is 0 Å². The molecule has 0 radical (unpaired) electrons. The van der Waals surface area contributed by atoms with E-state index in [1.165, 1.54) is 11.3 Å². The normalized spacial score (nSPS) is 17.7. The largest absolute Gasteiger partial charge is 0.347 e. The van der Waals surface area contributed by atoms with Gasteiger partial charge in [-0.05, 0) is 18.6 Å². The quantitative estimate of drug-likeness (QED) is 0.940. The average molecular weight is 301 g/mol. The Labute approximate surface area is 126 Å². The number of nitrogens with zero attached hydrogens (tertiary/aromatic N) is 2. The third-order valence-corrected chi connectivity index (χ3v) is 4.25. The summed E-state index contributed by atoms with van der Waals surface area (Å²) in [5.74, 6) is -0.0957. The first kappa shape index (κ1) is 13.8. The van der Waals surface area contributed by atoms with Crippen molar-refractivity contribution in [3.8, 4) is 0 Å². The Morgan fingerprint density at radius 1 is 1.29 bits per heavy atom. The van der Waals surface area contributed by atoms with Gasteiger partial charge in [-0.2, -0.15) is 0 Å². The highest BCUT2D eigenvalue weighted by atomic mass is 32.1. The zero-order valence-electron chi connectivity index (χ0n) is 11.4. The molecule has 6 heteroatoms. The number of amides is 2.